The van der Waals surface area contributed by atoms with Gasteiger partial charge in [-0.1, -0.05) is 17.7 Å². The number of nitrogens with zero attached hydrogens (tertiary/aromatic N) is 3. The normalized spacial score (nSPS) is 10.1. The fraction of sp³-hybridized carbons (Fsp3) is 0.0833. The number of rotatable bonds is 3. The van der Waals surface area contributed by atoms with E-state index in [1.54, 1.807) is 19.1 Å². The number of nitro groups is 1. The maximum atomic E-state index is 12.1. The van der Waals surface area contributed by atoms with Crippen molar-refractivity contribution in [1.82, 2.24) is 9.97 Å². The van der Waals surface area contributed by atoms with Crippen LogP contribution in [0.1, 0.15) is 15.9 Å². The summed E-state index contributed by atoms with van der Waals surface area (Å²) in [5, 5.41) is 13.1. The molecular weight excluding hydrogens is 284 g/mol. The highest BCUT2D eigenvalue weighted by Crippen LogP contribution is 2.20. The van der Waals surface area contributed by atoms with Gasteiger partial charge in [-0.3, -0.25) is 14.9 Å². The Morgan fingerprint density at radius 1 is 1.45 bits per heavy atom. The van der Waals surface area contributed by atoms with Crippen LogP contribution in [0.25, 0.3) is 0 Å². The number of anilines is 1. The Hall–Kier alpha value is -2.54. The first-order valence-corrected chi connectivity index (χ1v) is 5.89. The van der Waals surface area contributed by atoms with Crippen molar-refractivity contribution in [3.63, 3.8) is 0 Å². The lowest BCUT2D eigenvalue weighted by Crippen LogP contribution is -2.15. The maximum Gasteiger partial charge on any atom is 0.288 e. The summed E-state index contributed by atoms with van der Waals surface area (Å²) in [4.78, 5) is 29.7. The second kappa shape index (κ2) is 5.62. The SMILES string of the molecule is Cc1cccnc1NC(=O)c1cc([N+](=O)[O-])cnc1Cl. The third kappa shape index (κ3) is 2.89. The molecule has 0 fully saturated rings. The molecule has 0 saturated carbocycles. The number of carbonyl (C=O) groups is 1. The number of amides is 1. The van der Waals surface area contributed by atoms with Gasteiger partial charge in [0.25, 0.3) is 11.6 Å². The van der Waals surface area contributed by atoms with Crippen LogP contribution in [-0.4, -0.2) is 20.8 Å². The van der Waals surface area contributed by atoms with Crippen molar-refractivity contribution in [3.8, 4) is 0 Å². The quantitative estimate of drug-likeness (QED) is 0.532. The monoisotopic (exact) mass is 292 g/mol. The third-order valence-corrected chi connectivity index (χ3v) is 2.82. The molecule has 20 heavy (non-hydrogen) atoms. The van der Waals surface area contributed by atoms with E-state index in [-0.39, 0.29) is 16.4 Å². The molecule has 7 nitrogen and oxygen atoms in total. The molecule has 0 aromatic carbocycles. The molecular formula is C12H9ClN4O3. The molecule has 2 heterocycles. The molecule has 2 aromatic heterocycles. The maximum absolute atomic E-state index is 12.1. The van der Waals surface area contributed by atoms with E-state index in [9.17, 15) is 14.9 Å². The van der Waals surface area contributed by atoms with E-state index >= 15 is 0 Å². The number of hydrogen-bond donors (Lipinski definition) is 1. The highest BCUT2D eigenvalue weighted by atomic mass is 35.5. The molecule has 1 N–H and O–H groups in total. The fourth-order valence-corrected chi connectivity index (χ4v) is 1.68. The van der Waals surface area contributed by atoms with E-state index in [4.69, 9.17) is 11.6 Å². The zero-order valence-electron chi connectivity index (χ0n) is 10.3. The Bertz CT molecular complexity index is 690. The van der Waals surface area contributed by atoms with Crippen molar-refractivity contribution in [2.24, 2.45) is 0 Å². The Morgan fingerprint density at radius 3 is 2.85 bits per heavy atom. The van der Waals surface area contributed by atoms with Gasteiger partial charge >= 0.3 is 0 Å². The average molecular weight is 293 g/mol. The first kappa shape index (κ1) is 13.9. The molecule has 1 amide bonds. The van der Waals surface area contributed by atoms with E-state index in [1.807, 2.05) is 0 Å². The Kier molecular flexibility index (Phi) is 3.90. The number of aromatic nitrogens is 2. The molecule has 0 saturated heterocycles. The van der Waals surface area contributed by atoms with Gasteiger partial charge in [0.1, 0.15) is 17.2 Å². The lowest BCUT2D eigenvalue weighted by molar-refractivity contribution is -0.385. The molecule has 8 heteroatoms. The first-order chi connectivity index (χ1) is 9.49. The van der Waals surface area contributed by atoms with Crippen LogP contribution in [0.5, 0.6) is 0 Å². The van der Waals surface area contributed by atoms with Crippen LogP contribution < -0.4 is 5.32 Å². The van der Waals surface area contributed by atoms with Crippen molar-refractivity contribution in [2.45, 2.75) is 6.92 Å². The predicted octanol–water partition coefficient (Wildman–Crippen LogP) is 2.60. The standard InChI is InChI=1S/C12H9ClN4O3/c1-7-3-2-4-14-11(7)16-12(18)9-5-8(17(19)20)6-15-10(9)13/h2-6H,1H3,(H,14,16,18). The van der Waals surface area contributed by atoms with Crippen LogP contribution >= 0.6 is 11.6 Å². The van der Waals surface area contributed by atoms with Crippen LogP contribution in [-0.2, 0) is 0 Å². The van der Waals surface area contributed by atoms with Gasteiger partial charge in [0.15, 0.2) is 0 Å². The molecule has 0 unspecified atom stereocenters. The fourth-order valence-electron chi connectivity index (χ4n) is 1.49. The number of nitrogens with one attached hydrogen (secondary N) is 1. The minimum absolute atomic E-state index is 0.0779. The molecule has 0 aliphatic rings. The molecule has 0 bridgehead atoms. The number of hydrogen-bond acceptors (Lipinski definition) is 5. The summed E-state index contributed by atoms with van der Waals surface area (Å²) in [5.74, 6) is -0.243. The molecule has 102 valence electrons. The zero-order valence-corrected chi connectivity index (χ0v) is 11.1. The predicted molar refractivity (Wildman–Crippen MR) is 72.8 cm³/mol. The minimum Gasteiger partial charge on any atom is -0.306 e. The van der Waals surface area contributed by atoms with E-state index < -0.39 is 10.8 Å². The van der Waals surface area contributed by atoms with Crippen molar-refractivity contribution < 1.29 is 9.72 Å². The number of aryl methyl sites for hydroxylation is 1. The third-order valence-electron chi connectivity index (χ3n) is 2.52. The largest absolute Gasteiger partial charge is 0.306 e. The number of pyridine rings is 2. The zero-order chi connectivity index (χ0) is 14.7. The van der Waals surface area contributed by atoms with Crippen molar-refractivity contribution in [2.75, 3.05) is 5.32 Å². The van der Waals surface area contributed by atoms with Gasteiger partial charge in [-0.2, -0.15) is 0 Å². The molecule has 0 radical (unpaired) electrons. The number of carbonyl (C=O) groups excluding carboxylic acids is 1. The molecule has 2 aromatic rings. The molecule has 0 atom stereocenters. The van der Waals surface area contributed by atoms with Crippen LogP contribution in [0.2, 0.25) is 5.15 Å². The van der Waals surface area contributed by atoms with Gasteiger partial charge in [-0.15, -0.1) is 0 Å². The summed E-state index contributed by atoms with van der Waals surface area (Å²) < 4.78 is 0. The topological polar surface area (TPSA) is 98.0 Å². The van der Waals surface area contributed by atoms with Gasteiger partial charge in [-0.05, 0) is 18.6 Å². The Morgan fingerprint density at radius 2 is 2.20 bits per heavy atom. The Labute approximate surface area is 118 Å². The van der Waals surface area contributed by atoms with Crippen molar-refractivity contribution >= 4 is 29.0 Å². The van der Waals surface area contributed by atoms with Crippen molar-refractivity contribution in [1.29, 1.82) is 0 Å². The summed E-state index contributed by atoms with van der Waals surface area (Å²) in [6.45, 7) is 1.77. The lowest BCUT2D eigenvalue weighted by atomic mass is 10.2. The minimum atomic E-state index is -0.647. The Balaban J connectivity index is 2.32. The van der Waals surface area contributed by atoms with E-state index in [0.717, 1.165) is 17.8 Å². The van der Waals surface area contributed by atoms with E-state index in [0.29, 0.717) is 5.82 Å². The van der Waals surface area contributed by atoms with Gasteiger partial charge < -0.3 is 5.32 Å². The summed E-state index contributed by atoms with van der Waals surface area (Å²) in [7, 11) is 0. The smallest absolute Gasteiger partial charge is 0.288 e. The van der Waals surface area contributed by atoms with Gasteiger partial charge in [0, 0.05) is 12.3 Å². The summed E-state index contributed by atoms with van der Waals surface area (Å²) in [6, 6.07) is 4.58. The van der Waals surface area contributed by atoms with Crippen LogP contribution in [0, 0.1) is 17.0 Å². The number of halogens is 1. The van der Waals surface area contributed by atoms with Crippen LogP contribution in [0.15, 0.2) is 30.6 Å². The summed E-state index contributed by atoms with van der Waals surface area (Å²) in [5.41, 5.74) is 0.374. The lowest BCUT2D eigenvalue weighted by Gasteiger charge is -2.07. The molecule has 0 aliphatic carbocycles. The van der Waals surface area contributed by atoms with Crippen LogP contribution in [0.3, 0.4) is 0 Å². The van der Waals surface area contributed by atoms with E-state index in [1.165, 1.54) is 6.20 Å². The second-order valence-corrected chi connectivity index (χ2v) is 4.27. The average Bonchev–Trinajstić information content (AvgIpc) is 2.41. The van der Waals surface area contributed by atoms with Gasteiger partial charge in [0.2, 0.25) is 0 Å². The first-order valence-electron chi connectivity index (χ1n) is 5.52. The molecule has 0 spiro atoms. The van der Waals surface area contributed by atoms with Crippen LogP contribution in [0.4, 0.5) is 11.5 Å². The van der Waals surface area contributed by atoms with Gasteiger partial charge in [-0.25, -0.2) is 9.97 Å². The summed E-state index contributed by atoms with van der Waals surface area (Å²) in [6.07, 6.45) is 2.51. The van der Waals surface area contributed by atoms with Gasteiger partial charge in [0.05, 0.1) is 10.5 Å². The summed E-state index contributed by atoms with van der Waals surface area (Å²) >= 11 is 5.79. The van der Waals surface area contributed by atoms with Crippen molar-refractivity contribution in [3.05, 3.63) is 57.0 Å². The second-order valence-electron chi connectivity index (χ2n) is 3.91. The molecule has 0 aliphatic heterocycles. The molecule has 2 rings (SSSR count). The highest BCUT2D eigenvalue weighted by Gasteiger charge is 2.18. The highest BCUT2D eigenvalue weighted by molar-refractivity contribution is 6.33. The van der Waals surface area contributed by atoms with E-state index in [2.05, 4.69) is 15.3 Å².